The second-order valence-corrected chi connectivity index (χ2v) is 3.07. The van der Waals surface area contributed by atoms with Gasteiger partial charge in [0.15, 0.2) is 0 Å². The first-order chi connectivity index (χ1) is 5.86. The molecule has 5 N–H and O–H groups in total. The number of hydrogen-bond acceptors (Lipinski definition) is 5. The Morgan fingerprint density at radius 2 is 1.50 bits per heavy atom. The van der Waals surface area contributed by atoms with Crippen molar-refractivity contribution in [2.45, 2.75) is 0 Å². The molecule has 1 aliphatic heterocycles. The van der Waals surface area contributed by atoms with Crippen molar-refractivity contribution >= 4 is 0 Å². The van der Waals surface area contributed by atoms with Gasteiger partial charge in [-0.15, -0.1) is 0 Å². The minimum atomic E-state index is 0.720. The van der Waals surface area contributed by atoms with Gasteiger partial charge in [0.2, 0.25) is 0 Å². The summed E-state index contributed by atoms with van der Waals surface area (Å²) >= 11 is 0. The molecule has 1 saturated heterocycles. The zero-order valence-electron chi connectivity index (χ0n) is 7.50. The largest absolute Gasteiger partial charge is 0.329 e. The Morgan fingerprint density at radius 1 is 1.00 bits per heavy atom. The van der Waals surface area contributed by atoms with E-state index in [0.717, 1.165) is 46.2 Å². The van der Waals surface area contributed by atoms with Crippen LogP contribution in [0.1, 0.15) is 0 Å². The van der Waals surface area contributed by atoms with E-state index >= 15 is 0 Å². The van der Waals surface area contributed by atoms with Crippen LogP contribution in [-0.2, 0) is 0 Å². The molecule has 72 valence electrons. The number of nitrogens with two attached hydrogens (primary N) is 2. The van der Waals surface area contributed by atoms with Gasteiger partial charge in [-0.2, -0.15) is 0 Å². The molecule has 5 heteroatoms. The van der Waals surface area contributed by atoms with Crippen LogP contribution in [0, 0.1) is 0 Å². The summed E-state index contributed by atoms with van der Waals surface area (Å²) in [6, 6.07) is 0. The first kappa shape index (κ1) is 9.88. The highest BCUT2D eigenvalue weighted by Crippen LogP contribution is 1.96. The van der Waals surface area contributed by atoms with E-state index < -0.39 is 0 Å². The highest BCUT2D eigenvalue weighted by atomic mass is 15.4. The third-order valence-corrected chi connectivity index (χ3v) is 1.96. The predicted octanol–water partition coefficient (Wildman–Crippen LogP) is -2.02. The van der Waals surface area contributed by atoms with Gasteiger partial charge < -0.3 is 11.5 Å². The van der Waals surface area contributed by atoms with Gasteiger partial charge >= 0.3 is 0 Å². The lowest BCUT2D eigenvalue weighted by molar-refractivity contribution is 0.0705. The molecule has 0 saturated carbocycles. The maximum atomic E-state index is 5.47. The zero-order valence-corrected chi connectivity index (χ0v) is 7.50. The van der Waals surface area contributed by atoms with E-state index in [1.54, 1.807) is 0 Å². The van der Waals surface area contributed by atoms with Crippen LogP contribution in [0.2, 0.25) is 0 Å². The monoisotopic (exact) mass is 173 g/mol. The van der Waals surface area contributed by atoms with Crippen molar-refractivity contribution in [3.63, 3.8) is 0 Å². The normalized spacial score (nSPS) is 21.5. The Labute approximate surface area is 73.7 Å². The fraction of sp³-hybridized carbons (Fsp3) is 1.00. The lowest BCUT2D eigenvalue weighted by atomic mass is 10.4. The number of nitrogens with one attached hydrogen (secondary N) is 1. The molecular weight excluding hydrogens is 154 g/mol. The summed E-state index contributed by atoms with van der Waals surface area (Å²) < 4.78 is 0. The SMILES string of the molecule is NCCN1CNCN(CCN)C1. The predicted molar refractivity (Wildman–Crippen MR) is 49.3 cm³/mol. The van der Waals surface area contributed by atoms with Crippen LogP contribution >= 0.6 is 0 Å². The molecule has 0 radical (unpaired) electrons. The summed E-state index contributed by atoms with van der Waals surface area (Å²) in [7, 11) is 0. The number of rotatable bonds is 4. The lowest BCUT2D eigenvalue weighted by Gasteiger charge is -2.35. The molecule has 0 amide bonds. The van der Waals surface area contributed by atoms with Crippen molar-refractivity contribution in [3.8, 4) is 0 Å². The average Bonchev–Trinajstić information content (AvgIpc) is 2.06. The summed E-state index contributed by atoms with van der Waals surface area (Å²) in [4.78, 5) is 4.55. The highest BCUT2D eigenvalue weighted by molar-refractivity contribution is 4.65. The topological polar surface area (TPSA) is 70.5 Å². The first-order valence-corrected chi connectivity index (χ1v) is 4.42. The van der Waals surface area contributed by atoms with Gasteiger partial charge in [-0.3, -0.25) is 15.1 Å². The molecular formula is C7H19N5. The fourth-order valence-electron chi connectivity index (χ4n) is 1.41. The Bertz CT molecular complexity index is 102. The quantitative estimate of drug-likeness (QED) is 0.458. The maximum absolute atomic E-state index is 5.47. The van der Waals surface area contributed by atoms with Gasteiger partial charge in [0.05, 0.1) is 20.0 Å². The Kier molecular flexibility index (Phi) is 4.49. The number of nitrogens with zero attached hydrogens (tertiary/aromatic N) is 2. The summed E-state index contributed by atoms with van der Waals surface area (Å²) in [6.45, 7) is 6.22. The van der Waals surface area contributed by atoms with Crippen LogP contribution in [-0.4, -0.2) is 56.0 Å². The average molecular weight is 173 g/mol. The van der Waals surface area contributed by atoms with E-state index in [0.29, 0.717) is 0 Å². The first-order valence-electron chi connectivity index (χ1n) is 4.42. The van der Waals surface area contributed by atoms with Gasteiger partial charge in [0.25, 0.3) is 0 Å². The van der Waals surface area contributed by atoms with Crippen molar-refractivity contribution in [1.29, 1.82) is 0 Å². The molecule has 0 unspecified atom stereocenters. The molecule has 1 rings (SSSR count). The van der Waals surface area contributed by atoms with Crippen molar-refractivity contribution in [2.24, 2.45) is 11.5 Å². The second kappa shape index (κ2) is 5.45. The van der Waals surface area contributed by atoms with E-state index in [1.807, 2.05) is 0 Å². The molecule has 1 fully saturated rings. The molecule has 0 atom stereocenters. The second-order valence-electron chi connectivity index (χ2n) is 3.07. The molecule has 5 nitrogen and oxygen atoms in total. The van der Waals surface area contributed by atoms with Gasteiger partial charge in [-0.25, -0.2) is 0 Å². The summed E-state index contributed by atoms with van der Waals surface area (Å²) in [6.07, 6.45) is 0. The van der Waals surface area contributed by atoms with Gasteiger partial charge in [-0.1, -0.05) is 0 Å². The molecule has 0 bridgehead atoms. The van der Waals surface area contributed by atoms with Crippen molar-refractivity contribution in [2.75, 3.05) is 46.2 Å². The third kappa shape index (κ3) is 3.04. The molecule has 1 heterocycles. The zero-order chi connectivity index (χ0) is 8.81. The smallest absolute Gasteiger partial charge is 0.0530 e. The lowest BCUT2D eigenvalue weighted by Crippen LogP contribution is -2.54. The van der Waals surface area contributed by atoms with Crippen LogP contribution in [0.4, 0.5) is 0 Å². The molecule has 0 aromatic rings. The van der Waals surface area contributed by atoms with Crippen molar-refractivity contribution in [3.05, 3.63) is 0 Å². The summed E-state index contributed by atoms with van der Waals surface area (Å²) in [5, 5.41) is 3.30. The Hall–Kier alpha value is -0.200. The minimum Gasteiger partial charge on any atom is -0.329 e. The van der Waals surface area contributed by atoms with Crippen LogP contribution in [0.5, 0.6) is 0 Å². The Balaban J connectivity index is 2.20. The van der Waals surface area contributed by atoms with Gasteiger partial charge in [-0.05, 0) is 0 Å². The van der Waals surface area contributed by atoms with Gasteiger partial charge in [0, 0.05) is 26.2 Å². The van der Waals surface area contributed by atoms with E-state index in [-0.39, 0.29) is 0 Å². The van der Waals surface area contributed by atoms with Gasteiger partial charge in [0.1, 0.15) is 0 Å². The van der Waals surface area contributed by atoms with E-state index in [9.17, 15) is 0 Å². The molecule has 0 spiro atoms. The summed E-state index contributed by atoms with van der Waals surface area (Å²) in [5.41, 5.74) is 10.9. The fourth-order valence-corrected chi connectivity index (χ4v) is 1.41. The van der Waals surface area contributed by atoms with E-state index in [2.05, 4.69) is 15.1 Å². The summed E-state index contributed by atoms with van der Waals surface area (Å²) in [5.74, 6) is 0. The maximum Gasteiger partial charge on any atom is 0.0530 e. The number of hydrogen-bond donors (Lipinski definition) is 3. The molecule has 12 heavy (non-hydrogen) atoms. The molecule has 1 aliphatic rings. The Morgan fingerprint density at radius 3 is 1.92 bits per heavy atom. The third-order valence-electron chi connectivity index (χ3n) is 1.96. The van der Waals surface area contributed by atoms with Crippen LogP contribution in [0.3, 0.4) is 0 Å². The highest BCUT2D eigenvalue weighted by Gasteiger charge is 2.14. The van der Waals surface area contributed by atoms with Crippen LogP contribution in [0.25, 0.3) is 0 Å². The van der Waals surface area contributed by atoms with Crippen molar-refractivity contribution in [1.82, 2.24) is 15.1 Å². The molecule has 0 aliphatic carbocycles. The van der Waals surface area contributed by atoms with E-state index in [1.165, 1.54) is 0 Å². The molecule has 0 aromatic carbocycles. The minimum absolute atomic E-state index is 0.720. The van der Waals surface area contributed by atoms with Crippen molar-refractivity contribution < 1.29 is 0 Å². The van der Waals surface area contributed by atoms with Crippen LogP contribution < -0.4 is 16.8 Å². The van der Waals surface area contributed by atoms with E-state index in [4.69, 9.17) is 11.5 Å². The molecule has 0 aromatic heterocycles. The standard InChI is InChI=1S/C7H19N5/c8-1-3-11-5-10-6-12(7-11)4-2-9/h10H,1-9H2. The van der Waals surface area contributed by atoms with Crippen LogP contribution in [0.15, 0.2) is 0 Å².